The Labute approximate surface area is 101 Å². The fourth-order valence-corrected chi connectivity index (χ4v) is 2.27. The molecule has 3 heteroatoms. The number of nitrogens with zero attached hydrogens (tertiary/aromatic N) is 1. The summed E-state index contributed by atoms with van der Waals surface area (Å²) in [6.07, 6.45) is 3.69. The third-order valence-electron chi connectivity index (χ3n) is 3.16. The zero-order chi connectivity index (χ0) is 11.6. The van der Waals surface area contributed by atoms with Crippen molar-refractivity contribution in [1.82, 2.24) is 10.2 Å². The van der Waals surface area contributed by atoms with Gasteiger partial charge in [-0.15, -0.1) is 0 Å². The lowest BCUT2D eigenvalue weighted by molar-refractivity contribution is 0.123. The molecule has 1 aliphatic rings. The fourth-order valence-electron chi connectivity index (χ4n) is 2.27. The van der Waals surface area contributed by atoms with Crippen molar-refractivity contribution in [2.45, 2.75) is 33.1 Å². The van der Waals surface area contributed by atoms with Crippen molar-refractivity contribution >= 4 is 0 Å². The van der Waals surface area contributed by atoms with Gasteiger partial charge in [0, 0.05) is 26.3 Å². The normalized spacial score (nSPS) is 21.8. The van der Waals surface area contributed by atoms with Crippen LogP contribution < -0.4 is 5.32 Å². The third kappa shape index (κ3) is 5.83. The second kappa shape index (κ2) is 8.97. The summed E-state index contributed by atoms with van der Waals surface area (Å²) in [5.74, 6) is 0.872. The average Bonchev–Trinajstić information content (AvgIpc) is 2.74. The second-order valence-electron chi connectivity index (χ2n) is 4.73. The van der Waals surface area contributed by atoms with Gasteiger partial charge in [-0.2, -0.15) is 0 Å². The Morgan fingerprint density at radius 1 is 1.31 bits per heavy atom. The van der Waals surface area contributed by atoms with Gasteiger partial charge in [-0.3, -0.25) is 0 Å². The van der Waals surface area contributed by atoms with Crippen molar-refractivity contribution in [1.29, 1.82) is 0 Å². The summed E-state index contributed by atoms with van der Waals surface area (Å²) in [5, 5.41) is 3.44. The second-order valence-corrected chi connectivity index (χ2v) is 4.73. The quantitative estimate of drug-likeness (QED) is 0.608. The predicted molar refractivity (Wildman–Crippen MR) is 68.8 cm³/mol. The molecule has 1 saturated heterocycles. The molecule has 1 atom stereocenters. The molecule has 1 unspecified atom stereocenters. The summed E-state index contributed by atoms with van der Waals surface area (Å²) in [6, 6.07) is 0. The lowest BCUT2D eigenvalue weighted by Gasteiger charge is -2.16. The standard InChI is InChI=1S/C13H28N2O/c1-3-9-16-10-5-7-15-8-6-13(12-15)11-14-4-2/h13-14H,3-12H2,1-2H3. The van der Waals surface area contributed by atoms with E-state index in [1.165, 1.54) is 39.0 Å². The van der Waals surface area contributed by atoms with Gasteiger partial charge in [0.2, 0.25) is 0 Å². The Kier molecular flexibility index (Phi) is 7.81. The largest absolute Gasteiger partial charge is 0.381 e. The lowest BCUT2D eigenvalue weighted by atomic mass is 10.1. The highest BCUT2D eigenvalue weighted by molar-refractivity contribution is 4.76. The molecule has 1 rings (SSSR count). The number of hydrogen-bond acceptors (Lipinski definition) is 3. The van der Waals surface area contributed by atoms with Crippen molar-refractivity contribution < 1.29 is 4.74 Å². The molecule has 0 aromatic carbocycles. The summed E-state index contributed by atoms with van der Waals surface area (Å²) in [5.41, 5.74) is 0. The van der Waals surface area contributed by atoms with Crippen LogP contribution in [0, 0.1) is 5.92 Å². The van der Waals surface area contributed by atoms with Crippen LogP contribution in [0.2, 0.25) is 0 Å². The predicted octanol–water partition coefficient (Wildman–Crippen LogP) is 1.73. The van der Waals surface area contributed by atoms with Crippen LogP contribution in [0.15, 0.2) is 0 Å². The molecular formula is C13H28N2O. The molecular weight excluding hydrogens is 200 g/mol. The van der Waals surface area contributed by atoms with E-state index in [-0.39, 0.29) is 0 Å². The summed E-state index contributed by atoms with van der Waals surface area (Å²) in [4.78, 5) is 2.58. The Balaban J connectivity index is 1.94. The zero-order valence-electron chi connectivity index (χ0n) is 11.0. The van der Waals surface area contributed by atoms with Gasteiger partial charge in [0.15, 0.2) is 0 Å². The van der Waals surface area contributed by atoms with E-state index >= 15 is 0 Å². The van der Waals surface area contributed by atoms with Crippen molar-refractivity contribution in [3.8, 4) is 0 Å². The highest BCUT2D eigenvalue weighted by Crippen LogP contribution is 2.15. The first-order valence-corrected chi connectivity index (χ1v) is 6.87. The summed E-state index contributed by atoms with van der Waals surface area (Å²) in [6.45, 7) is 12.3. The first kappa shape index (κ1) is 13.9. The van der Waals surface area contributed by atoms with Crippen LogP contribution >= 0.6 is 0 Å². The molecule has 1 aliphatic heterocycles. The maximum atomic E-state index is 5.50. The van der Waals surface area contributed by atoms with Gasteiger partial charge in [0.1, 0.15) is 0 Å². The van der Waals surface area contributed by atoms with Crippen LogP contribution in [0.1, 0.15) is 33.1 Å². The van der Waals surface area contributed by atoms with Gasteiger partial charge in [0.05, 0.1) is 0 Å². The third-order valence-corrected chi connectivity index (χ3v) is 3.16. The smallest absolute Gasteiger partial charge is 0.0478 e. The monoisotopic (exact) mass is 228 g/mol. The van der Waals surface area contributed by atoms with Crippen LogP contribution in [0.4, 0.5) is 0 Å². The molecule has 0 aliphatic carbocycles. The SMILES string of the molecule is CCCOCCCN1CCC(CNCC)C1. The first-order valence-electron chi connectivity index (χ1n) is 6.87. The van der Waals surface area contributed by atoms with Crippen molar-refractivity contribution in [3.05, 3.63) is 0 Å². The topological polar surface area (TPSA) is 24.5 Å². The molecule has 16 heavy (non-hydrogen) atoms. The summed E-state index contributed by atoms with van der Waals surface area (Å²) in [7, 11) is 0. The average molecular weight is 228 g/mol. The molecule has 1 N–H and O–H groups in total. The van der Waals surface area contributed by atoms with E-state index in [0.29, 0.717) is 0 Å². The molecule has 0 amide bonds. The Morgan fingerprint density at radius 2 is 2.19 bits per heavy atom. The lowest BCUT2D eigenvalue weighted by Crippen LogP contribution is -2.27. The molecule has 0 aromatic rings. The highest BCUT2D eigenvalue weighted by atomic mass is 16.5. The maximum absolute atomic E-state index is 5.50. The van der Waals surface area contributed by atoms with Crippen molar-refractivity contribution in [2.75, 3.05) is 45.9 Å². The van der Waals surface area contributed by atoms with Crippen LogP contribution in [0.5, 0.6) is 0 Å². The Bertz CT molecular complexity index is 164. The Hall–Kier alpha value is -0.120. The van der Waals surface area contributed by atoms with Gasteiger partial charge in [-0.05, 0) is 44.8 Å². The highest BCUT2D eigenvalue weighted by Gasteiger charge is 2.20. The van der Waals surface area contributed by atoms with Gasteiger partial charge in [0.25, 0.3) is 0 Å². The molecule has 0 aromatic heterocycles. The minimum absolute atomic E-state index is 0.872. The Morgan fingerprint density at radius 3 is 2.94 bits per heavy atom. The number of ether oxygens (including phenoxy) is 1. The van der Waals surface area contributed by atoms with E-state index in [4.69, 9.17) is 4.74 Å². The molecule has 0 radical (unpaired) electrons. The number of nitrogens with one attached hydrogen (secondary N) is 1. The molecule has 1 fully saturated rings. The molecule has 0 bridgehead atoms. The van der Waals surface area contributed by atoms with E-state index in [9.17, 15) is 0 Å². The first-order chi connectivity index (χ1) is 7.86. The van der Waals surface area contributed by atoms with Crippen LogP contribution in [-0.2, 0) is 4.74 Å². The van der Waals surface area contributed by atoms with Crippen LogP contribution in [0.3, 0.4) is 0 Å². The van der Waals surface area contributed by atoms with Gasteiger partial charge in [-0.1, -0.05) is 13.8 Å². The minimum Gasteiger partial charge on any atom is -0.381 e. The molecule has 0 spiro atoms. The van der Waals surface area contributed by atoms with Gasteiger partial charge in [-0.25, -0.2) is 0 Å². The fraction of sp³-hybridized carbons (Fsp3) is 1.00. The molecule has 0 saturated carbocycles. The summed E-state index contributed by atoms with van der Waals surface area (Å²) < 4.78 is 5.50. The number of rotatable bonds is 9. The summed E-state index contributed by atoms with van der Waals surface area (Å²) >= 11 is 0. The van der Waals surface area contributed by atoms with E-state index < -0.39 is 0 Å². The van der Waals surface area contributed by atoms with E-state index in [2.05, 4.69) is 24.1 Å². The van der Waals surface area contributed by atoms with E-state index in [1.54, 1.807) is 0 Å². The van der Waals surface area contributed by atoms with Crippen molar-refractivity contribution in [2.24, 2.45) is 5.92 Å². The van der Waals surface area contributed by atoms with E-state index in [1.807, 2.05) is 0 Å². The zero-order valence-corrected chi connectivity index (χ0v) is 11.0. The minimum atomic E-state index is 0.872. The van der Waals surface area contributed by atoms with Gasteiger partial charge < -0.3 is 15.0 Å². The van der Waals surface area contributed by atoms with E-state index in [0.717, 1.165) is 32.1 Å². The number of likely N-dealkylation sites (tertiary alicyclic amines) is 1. The van der Waals surface area contributed by atoms with Crippen LogP contribution in [-0.4, -0.2) is 50.8 Å². The van der Waals surface area contributed by atoms with Gasteiger partial charge >= 0.3 is 0 Å². The number of hydrogen-bond donors (Lipinski definition) is 1. The van der Waals surface area contributed by atoms with Crippen molar-refractivity contribution in [3.63, 3.8) is 0 Å². The molecule has 1 heterocycles. The molecule has 96 valence electrons. The molecule has 3 nitrogen and oxygen atoms in total. The van der Waals surface area contributed by atoms with Crippen LogP contribution in [0.25, 0.3) is 0 Å². The maximum Gasteiger partial charge on any atom is 0.0478 e.